The summed E-state index contributed by atoms with van der Waals surface area (Å²) in [6, 6.07) is 9.99. The van der Waals surface area contributed by atoms with E-state index in [0.717, 1.165) is 0 Å². The molecule has 1 saturated heterocycles. The molecule has 8 nitrogen and oxygen atoms in total. The summed E-state index contributed by atoms with van der Waals surface area (Å²) in [5.41, 5.74) is -0.0446. The number of pyridine rings is 1. The van der Waals surface area contributed by atoms with Gasteiger partial charge in [-0.1, -0.05) is 6.58 Å². The van der Waals surface area contributed by atoms with Gasteiger partial charge in [-0.25, -0.2) is 0 Å². The number of hydrogen-bond donors (Lipinski definition) is 2. The van der Waals surface area contributed by atoms with Gasteiger partial charge in [0.2, 0.25) is 11.8 Å². The Labute approximate surface area is 168 Å². The third kappa shape index (κ3) is 4.11. The first-order chi connectivity index (χ1) is 13.9. The molecule has 1 aromatic carbocycles. The summed E-state index contributed by atoms with van der Waals surface area (Å²) < 4.78 is 5.74. The minimum Gasteiger partial charge on any atom is -0.457 e. The van der Waals surface area contributed by atoms with Crippen LogP contribution in [-0.2, 0) is 9.59 Å². The molecule has 0 bridgehead atoms. The Hall–Kier alpha value is -3.68. The van der Waals surface area contributed by atoms with E-state index in [0.29, 0.717) is 30.2 Å². The van der Waals surface area contributed by atoms with Crippen molar-refractivity contribution in [1.29, 1.82) is 0 Å². The Bertz CT molecular complexity index is 957. The molecule has 1 atom stereocenters. The molecular formula is C21H22N4O4. The molecule has 2 N–H and O–H groups in total. The lowest BCUT2D eigenvalue weighted by Gasteiger charge is -2.48. The molecule has 1 fully saturated rings. The number of carbonyl (C=O) groups is 3. The van der Waals surface area contributed by atoms with Crippen LogP contribution in [0.4, 0.5) is 5.69 Å². The average Bonchev–Trinajstić information content (AvgIpc) is 2.73. The SMILES string of the molecule is C=CC(=O)N1CCC1(C)C(=O)Nc1ccc(Oc2ccnc(C(=O)NC)c2)cc1. The number of carbonyl (C=O) groups excluding carboxylic acids is 3. The van der Waals surface area contributed by atoms with Crippen molar-refractivity contribution in [3.63, 3.8) is 0 Å². The number of nitrogens with one attached hydrogen (secondary N) is 2. The van der Waals surface area contributed by atoms with Crippen LogP contribution in [0.25, 0.3) is 0 Å². The second kappa shape index (κ2) is 8.14. The van der Waals surface area contributed by atoms with Crippen LogP contribution in [0.5, 0.6) is 11.5 Å². The van der Waals surface area contributed by atoms with Crippen LogP contribution in [0.3, 0.4) is 0 Å². The largest absolute Gasteiger partial charge is 0.457 e. The van der Waals surface area contributed by atoms with E-state index >= 15 is 0 Å². The fraction of sp³-hybridized carbons (Fsp3) is 0.238. The number of anilines is 1. The minimum atomic E-state index is -0.881. The van der Waals surface area contributed by atoms with E-state index in [9.17, 15) is 14.4 Å². The highest BCUT2D eigenvalue weighted by molar-refractivity contribution is 6.03. The predicted octanol–water partition coefficient (Wildman–Crippen LogP) is 2.35. The molecule has 3 rings (SSSR count). The summed E-state index contributed by atoms with van der Waals surface area (Å²) in [7, 11) is 1.53. The van der Waals surface area contributed by atoms with E-state index in [1.165, 1.54) is 30.3 Å². The summed E-state index contributed by atoms with van der Waals surface area (Å²) >= 11 is 0. The maximum absolute atomic E-state index is 12.6. The molecule has 1 aliphatic heterocycles. The Morgan fingerprint density at radius 2 is 1.93 bits per heavy atom. The highest BCUT2D eigenvalue weighted by Gasteiger charge is 2.48. The number of rotatable bonds is 6. The van der Waals surface area contributed by atoms with Gasteiger partial charge in [-0.3, -0.25) is 19.4 Å². The fourth-order valence-electron chi connectivity index (χ4n) is 2.99. The number of ether oxygens (including phenoxy) is 1. The Morgan fingerprint density at radius 3 is 2.52 bits per heavy atom. The van der Waals surface area contributed by atoms with Crippen molar-refractivity contribution in [2.24, 2.45) is 0 Å². The zero-order chi connectivity index (χ0) is 21.0. The lowest BCUT2D eigenvalue weighted by atomic mass is 9.85. The highest BCUT2D eigenvalue weighted by atomic mass is 16.5. The van der Waals surface area contributed by atoms with E-state index in [-0.39, 0.29) is 23.4 Å². The number of benzene rings is 1. The van der Waals surface area contributed by atoms with Crippen molar-refractivity contribution >= 4 is 23.4 Å². The smallest absolute Gasteiger partial charge is 0.269 e. The molecule has 0 spiro atoms. The van der Waals surface area contributed by atoms with Gasteiger partial charge >= 0.3 is 0 Å². The van der Waals surface area contributed by atoms with Crippen LogP contribution < -0.4 is 15.4 Å². The molecule has 29 heavy (non-hydrogen) atoms. The van der Waals surface area contributed by atoms with Crippen molar-refractivity contribution in [2.45, 2.75) is 18.9 Å². The molecule has 0 saturated carbocycles. The summed E-state index contributed by atoms with van der Waals surface area (Å²) in [6.45, 7) is 5.74. The standard InChI is InChI=1S/C21H22N4O4/c1-4-18(26)25-12-10-21(25,2)20(28)24-14-5-7-15(8-6-14)29-16-9-11-23-17(13-16)19(27)22-3/h4-9,11,13H,1,10,12H2,2-3H3,(H,22,27)(H,24,28). The molecule has 3 amide bonds. The molecule has 0 radical (unpaired) electrons. The topological polar surface area (TPSA) is 101 Å². The predicted molar refractivity (Wildman–Crippen MR) is 108 cm³/mol. The number of aromatic nitrogens is 1. The molecule has 1 unspecified atom stereocenters. The van der Waals surface area contributed by atoms with Gasteiger partial charge in [0.1, 0.15) is 22.7 Å². The van der Waals surface area contributed by atoms with Gasteiger partial charge < -0.3 is 20.3 Å². The van der Waals surface area contributed by atoms with Crippen molar-refractivity contribution in [3.05, 3.63) is 60.9 Å². The van der Waals surface area contributed by atoms with Gasteiger partial charge in [0.15, 0.2) is 0 Å². The number of nitrogens with zero attached hydrogens (tertiary/aromatic N) is 2. The first-order valence-corrected chi connectivity index (χ1v) is 9.09. The van der Waals surface area contributed by atoms with Crippen molar-refractivity contribution in [1.82, 2.24) is 15.2 Å². The molecule has 8 heteroatoms. The van der Waals surface area contributed by atoms with E-state index in [2.05, 4.69) is 22.2 Å². The third-order valence-corrected chi connectivity index (χ3v) is 4.89. The minimum absolute atomic E-state index is 0.251. The van der Waals surface area contributed by atoms with Crippen LogP contribution in [0.2, 0.25) is 0 Å². The van der Waals surface area contributed by atoms with Crippen LogP contribution in [-0.4, -0.2) is 46.7 Å². The van der Waals surface area contributed by atoms with Crippen LogP contribution in [0.15, 0.2) is 55.3 Å². The van der Waals surface area contributed by atoms with Crippen LogP contribution >= 0.6 is 0 Å². The van der Waals surface area contributed by atoms with Crippen molar-refractivity contribution in [2.75, 3.05) is 18.9 Å². The van der Waals surface area contributed by atoms with Gasteiger partial charge in [0.05, 0.1) is 0 Å². The van der Waals surface area contributed by atoms with Crippen LogP contribution in [0.1, 0.15) is 23.8 Å². The Kier molecular flexibility index (Phi) is 5.63. The maximum Gasteiger partial charge on any atom is 0.269 e. The average molecular weight is 394 g/mol. The number of hydrogen-bond acceptors (Lipinski definition) is 5. The summed E-state index contributed by atoms with van der Waals surface area (Å²) in [4.78, 5) is 41.6. The molecule has 150 valence electrons. The summed E-state index contributed by atoms with van der Waals surface area (Å²) in [5, 5.41) is 5.34. The van der Waals surface area contributed by atoms with Gasteiger partial charge in [-0.2, -0.15) is 0 Å². The quantitative estimate of drug-likeness (QED) is 0.733. The molecule has 1 aromatic heterocycles. The van der Waals surface area contributed by atoms with E-state index < -0.39 is 5.54 Å². The van der Waals surface area contributed by atoms with E-state index in [1.807, 2.05) is 0 Å². The molecular weight excluding hydrogens is 372 g/mol. The van der Waals surface area contributed by atoms with Crippen molar-refractivity contribution < 1.29 is 19.1 Å². The normalized spacial score (nSPS) is 17.7. The molecule has 2 heterocycles. The zero-order valence-electron chi connectivity index (χ0n) is 16.3. The molecule has 0 aliphatic carbocycles. The lowest BCUT2D eigenvalue weighted by molar-refractivity contribution is -0.150. The van der Waals surface area contributed by atoms with Gasteiger partial charge in [-0.05, 0) is 49.8 Å². The van der Waals surface area contributed by atoms with Crippen molar-refractivity contribution in [3.8, 4) is 11.5 Å². The Morgan fingerprint density at radius 1 is 1.21 bits per heavy atom. The lowest BCUT2D eigenvalue weighted by Crippen LogP contribution is -2.65. The van der Waals surface area contributed by atoms with Gasteiger partial charge in [0.25, 0.3) is 5.91 Å². The first-order valence-electron chi connectivity index (χ1n) is 9.09. The van der Waals surface area contributed by atoms with Gasteiger partial charge in [-0.15, -0.1) is 0 Å². The van der Waals surface area contributed by atoms with E-state index in [1.54, 1.807) is 37.3 Å². The number of amides is 3. The second-order valence-electron chi connectivity index (χ2n) is 6.75. The summed E-state index contributed by atoms with van der Waals surface area (Å²) in [6.07, 6.45) is 3.30. The first kappa shape index (κ1) is 20.1. The van der Waals surface area contributed by atoms with Gasteiger partial charge in [0, 0.05) is 31.5 Å². The number of likely N-dealkylation sites (tertiary alicyclic amines) is 1. The monoisotopic (exact) mass is 394 g/mol. The second-order valence-corrected chi connectivity index (χ2v) is 6.75. The van der Waals surface area contributed by atoms with E-state index in [4.69, 9.17) is 4.74 Å². The zero-order valence-corrected chi connectivity index (χ0v) is 16.3. The molecule has 2 aromatic rings. The third-order valence-electron chi connectivity index (χ3n) is 4.89. The van der Waals surface area contributed by atoms with Crippen LogP contribution in [0, 0.1) is 0 Å². The highest BCUT2D eigenvalue weighted by Crippen LogP contribution is 2.32. The maximum atomic E-state index is 12.6. The Balaban J connectivity index is 1.65. The molecule has 1 aliphatic rings. The summed E-state index contributed by atoms with van der Waals surface area (Å²) in [5.74, 6) is 0.191. The fourth-order valence-corrected chi connectivity index (χ4v) is 2.99.